The molecule has 0 spiro atoms. The second-order valence-electron chi connectivity index (χ2n) is 5.16. The maximum absolute atomic E-state index is 11.3. The maximum atomic E-state index is 11.3. The van der Waals surface area contributed by atoms with Crippen LogP contribution in [-0.4, -0.2) is 25.8 Å². The molecule has 1 fully saturated rings. The van der Waals surface area contributed by atoms with Crippen molar-refractivity contribution in [2.45, 2.75) is 46.0 Å². The highest BCUT2D eigenvalue weighted by Crippen LogP contribution is 2.34. The summed E-state index contributed by atoms with van der Waals surface area (Å²) in [5.74, 6) is -0.287. The van der Waals surface area contributed by atoms with Crippen molar-refractivity contribution in [3.63, 3.8) is 0 Å². The summed E-state index contributed by atoms with van der Waals surface area (Å²) in [5.41, 5.74) is 0.546. The van der Waals surface area contributed by atoms with Gasteiger partial charge in [-0.05, 0) is 13.3 Å². The van der Waals surface area contributed by atoms with E-state index in [4.69, 9.17) is 9.47 Å². The van der Waals surface area contributed by atoms with E-state index < -0.39 is 0 Å². The number of carbonyl (C=O) groups excluding carboxylic acids is 1. The zero-order valence-electron chi connectivity index (χ0n) is 11.1. The second kappa shape index (κ2) is 6.80. The first-order valence-corrected chi connectivity index (χ1v) is 6.50. The SMILES string of the molecule is C=C(C)C(=O)OCC1(CCCCCC)COC1. The van der Waals surface area contributed by atoms with Gasteiger partial charge in [0.1, 0.15) is 6.61 Å². The number of ether oxygens (including phenoxy) is 2. The van der Waals surface area contributed by atoms with Crippen molar-refractivity contribution in [2.24, 2.45) is 5.41 Å². The molecule has 0 atom stereocenters. The van der Waals surface area contributed by atoms with Crippen LogP contribution >= 0.6 is 0 Å². The summed E-state index contributed by atoms with van der Waals surface area (Å²) >= 11 is 0. The van der Waals surface area contributed by atoms with Gasteiger partial charge in [-0.2, -0.15) is 0 Å². The average molecular weight is 240 g/mol. The second-order valence-corrected chi connectivity index (χ2v) is 5.16. The van der Waals surface area contributed by atoms with Gasteiger partial charge in [0, 0.05) is 5.57 Å². The molecule has 3 nitrogen and oxygen atoms in total. The van der Waals surface area contributed by atoms with Crippen molar-refractivity contribution in [2.75, 3.05) is 19.8 Å². The first-order valence-electron chi connectivity index (χ1n) is 6.50. The fourth-order valence-corrected chi connectivity index (χ4v) is 1.96. The molecule has 1 heterocycles. The van der Waals surface area contributed by atoms with Crippen molar-refractivity contribution in [3.8, 4) is 0 Å². The van der Waals surface area contributed by atoms with E-state index in [-0.39, 0.29) is 11.4 Å². The summed E-state index contributed by atoms with van der Waals surface area (Å²) in [4.78, 5) is 11.3. The Morgan fingerprint density at radius 2 is 2.06 bits per heavy atom. The third kappa shape index (κ3) is 4.50. The Morgan fingerprint density at radius 3 is 2.53 bits per heavy atom. The van der Waals surface area contributed by atoms with E-state index in [0.717, 1.165) is 19.6 Å². The highest BCUT2D eigenvalue weighted by atomic mass is 16.5. The van der Waals surface area contributed by atoms with E-state index in [1.54, 1.807) is 6.92 Å². The molecule has 0 N–H and O–H groups in total. The summed E-state index contributed by atoms with van der Waals surface area (Å²) in [6, 6.07) is 0. The normalized spacial score (nSPS) is 17.3. The first kappa shape index (κ1) is 14.2. The molecule has 1 rings (SSSR count). The standard InChI is InChI=1S/C14H24O3/c1-4-5-6-7-8-14(9-16-10-14)11-17-13(15)12(2)3/h2,4-11H2,1,3H3. The van der Waals surface area contributed by atoms with Gasteiger partial charge >= 0.3 is 5.97 Å². The molecule has 0 bridgehead atoms. The molecule has 0 saturated carbocycles. The third-order valence-electron chi connectivity index (χ3n) is 3.24. The van der Waals surface area contributed by atoms with Gasteiger partial charge < -0.3 is 9.47 Å². The van der Waals surface area contributed by atoms with Crippen LogP contribution < -0.4 is 0 Å². The average Bonchev–Trinajstić information content (AvgIpc) is 2.25. The number of hydrogen-bond acceptors (Lipinski definition) is 3. The summed E-state index contributed by atoms with van der Waals surface area (Å²) < 4.78 is 10.5. The lowest BCUT2D eigenvalue weighted by Crippen LogP contribution is -2.46. The zero-order valence-corrected chi connectivity index (χ0v) is 11.1. The van der Waals surface area contributed by atoms with Gasteiger partial charge in [-0.15, -0.1) is 0 Å². The van der Waals surface area contributed by atoms with Crippen LogP contribution in [0, 0.1) is 5.41 Å². The smallest absolute Gasteiger partial charge is 0.333 e. The Morgan fingerprint density at radius 1 is 1.35 bits per heavy atom. The maximum Gasteiger partial charge on any atom is 0.333 e. The van der Waals surface area contributed by atoms with Gasteiger partial charge in [-0.25, -0.2) is 4.79 Å². The Bertz CT molecular complexity index is 267. The Hall–Kier alpha value is -0.830. The lowest BCUT2D eigenvalue weighted by molar-refractivity contribution is -0.168. The molecule has 1 saturated heterocycles. The largest absolute Gasteiger partial charge is 0.462 e. The predicted octanol–water partition coefficient (Wildman–Crippen LogP) is 3.09. The van der Waals surface area contributed by atoms with Crippen molar-refractivity contribution in [3.05, 3.63) is 12.2 Å². The van der Waals surface area contributed by atoms with Gasteiger partial charge in [0.2, 0.25) is 0 Å². The van der Waals surface area contributed by atoms with Crippen molar-refractivity contribution in [1.82, 2.24) is 0 Å². The van der Waals surface area contributed by atoms with Crippen LogP contribution in [-0.2, 0) is 14.3 Å². The Labute approximate surface area is 104 Å². The molecule has 0 aromatic heterocycles. The summed E-state index contributed by atoms with van der Waals surface area (Å²) in [7, 11) is 0. The molecule has 0 unspecified atom stereocenters. The molecular formula is C14H24O3. The summed E-state index contributed by atoms with van der Waals surface area (Å²) in [5, 5.41) is 0. The Balaban J connectivity index is 2.26. The van der Waals surface area contributed by atoms with Crippen molar-refractivity contribution >= 4 is 5.97 Å². The topological polar surface area (TPSA) is 35.5 Å². The predicted molar refractivity (Wildman–Crippen MR) is 67.8 cm³/mol. The van der Waals surface area contributed by atoms with Crippen LogP contribution in [0.1, 0.15) is 46.0 Å². The van der Waals surface area contributed by atoms with Crippen LogP contribution in [0.5, 0.6) is 0 Å². The molecule has 0 aliphatic carbocycles. The lowest BCUT2D eigenvalue weighted by Gasteiger charge is -2.41. The number of unbranched alkanes of at least 4 members (excludes halogenated alkanes) is 3. The van der Waals surface area contributed by atoms with E-state index >= 15 is 0 Å². The van der Waals surface area contributed by atoms with Gasteiger partial charge in [0.05, 0.1) is 18.6 Å². The molecule has 98 valence electrons. The lowest BCUT2D eigenvalue weighted by atomic mass is 9.81. The zero-order chi connectivity index (χ0) is 12.7. The molecule has 17 heavy (non-hydrogen) atoms. The minimum Gasteiger partial charge on any atom is -0.462 e. The van der Waals surface area contributed by atoms with E-state index in [2.05, 4.69) is 13.5 Å². The number of rotatable bonds is 8. The quantitative estimate of drug-likeness (QED) is 0.371. The highest BCUT2D eigenvalue weighted by molar-refractivity contribution is 5.86. The minimum absolute atomic E-state index is 0.0822. The third-order valence-corrected chi connectivity index (χ3v) is 3.24. The fourth-order valence-electron chi connectivity index (χ4n) is 1.96. The number of hydrogen-bond donors (Lipinski definition) is 0. The fraction of sp³-hybridized carbons (Fsp3) is 0.786. The van der Waals surface area contributed by atoms with Crippen LogP contribution in [0.25, 0.3) is 0 Å². The van der Waals surface area contributed by atoms with Gasteiger partial charge in [0.25, 0.3) is 0 Å². The number of esters is 1. The number of carbonyl (C=O) groups is 1. The summed E-state index contributed by atoms with van der Waals surface area (Å²) in [6.07, 6.45) is 6.07. The molecular weight excluding hydrogens is 216 g/mol. The van der Waals surface area contributed by atoms with Gasteiger partial charge in [-0.3, -0.25) is 0 Å². The molecule has 3 heteroatoms. The van der Waals surface area contributed by atoms with Crippen molar-refractivity contribution < 1.29 is 14.3 Å². The van der Waals surface area contributed by atoms with Gasteiger partial charge in [0.15, 0.2) is 0 Å². The van der Waals surface area contributed by atoms with E-state index in [1.807, 2.05) is 0 Å². The molecule has 0 amide bonds. The van der Waals surface area contributed by atoms with Crippen LogP contribution in [0.2, 0.25) is 0 Å². The molecule has 0 aromatic rings. The van der Waals surface area contributed by atoms with E-state index in [0.29, 0.717) is 12.2 Å². The monoisotopic (exact) mass is 240 g/mol. The molecule has 0 radical (unpaired) electrons. The van der Waals surface area contributed by atoms with E-state index in [1.165, 1.54) is 25.7 Å². The van der Waals surface area contributed by atoms with Crippen molar-refractivity contribution in [1.29, 1.82) is 0 Å². The molecule has 1 aliphatic rings. The Kier molecular flexibility index (Phi) is 5.69. The highest BCUT2D eigenvalue weighted by Gasteiger charge is 2.39. The first-order chi connectivity index (χ1) is 8.09. The van der Waals surface area contributed by atoms with Gasteiger partial charge in [-0.1, -0.05) is 39.2 Å². The minimum atomic E-state index is -0.287. The van der Waals surface area contributed by atoms with E-state index in [9.17, 15) is 4.79 Å². The summed E-state index contributed by atoms with van der Waals surface area (Å²) in [6.45, 7) is 9.39. The van der Waals surface area contributed by atoms with Crippen LogP contribution in [0.15, 0.2) is 12.2 Å². The van der Waals surface area contributed by atoms with Crippen LogP contribution in [0.4, 0.5) is 0 Å². The molecule has 0 aromatic carbocycles. The molecule has 1 aliphatic heterocycles. The van der Waals surface area contributed by atoms with Crippen LogP contribution in [0.3, 0.4) is 0 Å².